The summed E-state index contributed by atoms with van der Waals surface area (Å²) in [5, 5.41) is 4.10. The van der Waals surface area contributed by atoms with Gasteiger partial charge in [0.2, 0.25) is 0 Å². The van der Waals surface area contributed by atoms with Crippen LogP contribution < -0.4 is 4.90 Å². The van der Waals surface area contributed by atoms with Gasteiger partial charge in [0, 0.05) is 0 Å². The van der Waals surface area contributed by atoms with Gasteiger partial charge in [0.25, 0.3) is 5.92 Å². The van der Waals surface area contributed by atoms with E-state index >= 15 is 0 Å². The van der Waals surface area contributed by atoms with Crippen molar-refractivity contribution in [2.24, 2.45) is 0 Å². The smallest absolute Gasteiger partial charge is 0.282 e. The molecule has 0 saturated carbocycles. The highest BCUT2D eigenvalue weighted by Crippen LogP contribution is 2.31. The molecule has 0 unspecified atom stereocenters. The zero-order valence-corrected chi connectivity index (χ0v) is 7.90. The molecule has 0 atom stereocenters. The Hall–Kier alpha value is -1.65. The normalized spacial score (nSPS) is 19.2. The molecule has 0 N–H and O–H groups in total. The first-order chi connectivity index (χ1) is 7.16. The molecule has 1 aliphatic rings. The fourth-order valence-corrected chi connectivity index (χ4v) is 1.85. The molecule has 3 rings (SSSR count). The third kappa shape index (κ3) is 1.26. The first-order valence-corrected chi connectivity index (χ1v) is 4.71. The second kappa shape index (κ2) is 2.68. The lowest BCUT2D eigenvalue weighted by Gasteiger charge is -2.40. The summed E-state index contributed by atoms with van der Waals surface area (Å²) in [5.41, 5.74) is 0.919. The Bertz CT molecular complexity index is 498. The number of hydrogen-bond acceptors (Lipinski definition) is 2. The maximum atomic E-state index is 12.7. The van der Waals surface area contributed by atoms with Gasteiger partial charge >= 0.3 is 0 Å². The van der Waals surface area contributed by atoms with Gasteiger partial charge in [-0.2, -0.15) is 5.10 Å². The average molecular weight is 209 g/mol. The third-order valence-corrected chi connectivity index (χ3v) is 2.57. The maximum absolute atomic E-state index is 12.7. The Morgan fingerprint density at radius 3 is 2.73 bits per heavy atom. The van der Waals surface area contributed by atoms with Crippen molar-refractivity contribution < 1.29 is 8.78 Å². The van der Waals surface area contributed by atoms with E-state index in [1.165, 1.54) is 0 Å². The summed E-state index contributed by atoms with van der Waals surface area (Å²) in [7, 11) is 0. The van der Waals surface area contributed by atoms with Crippen LogP contribution in [0, 0.1) is 0 Å². The Labute approximate surface area is 84.9 Å². The molecule has 3 nitrogen and oxygen atoms in total. The van der Waals surface area contributed by atoms with E-state index in [4.69, 9.17) is 0 Å². The van der Waals surface area contributed by atoms with Crippen LogP contribution in [0.5, 0.6) is 0 Å². The van der Waals surface area contributed by atoms with Crippen LogP contribution >= 0.6 is 0 Å². The van der Waals surface area contributed by atoms with E-state index < -0.39 is 5.92 Å². The van der Waals surface area contributed by atoms with E-state index in [1.54, 1.807) is 21.7 Å². The van der Waals surface area contributed by atoms with Crippen LogP contribution in [-0.4, -0.2) is 28.6 Å². The lowest BCUT2D eigenvalue weighted by molar-refractivity contribution is -0.0268. The van der Waals surface area contributed by atoms with Gasteiger partial charge in [-0.15, -0.1) is 0 Å². The molecule has 78 valence electrons. The first-order valence-electron chi connectivity index (χ1n) is 4.71. The monoisotopic (exact) mass is 209 g/mol. The SMILES string of the molecule is FC1(F)CN(c2cccc3ccnn23)C1. The van der Waals surface area contributed by atoms with E-state index in [1.807, 2.05) is 18.2 Å². The summed E-state index contributed by atoms with van der Waals surface area (Å²) in [6, 6.07) is 7.40. The van der Waals surface area contributed by atoms with E-state index in [-0.39, 0.29) is 13.1 Å². The Kier molecular flexibility index (Phi) is 1.55. The van der Waals surface area contributed by atoms with Crippen molar-refractivity contribution >= 4 is 11.3 Å². The predicted molar refractivity (Wildman–Crippen MR) is 52.4 cm³/mol. The highest BCUT2D eigenvalue weighted by molar-refractivity contribution is 5.55. The lowest BCUT2D eigenvalue weighted by Crippen LogP contribution is -2.57. The van der Waals surface area contributed by atoms with Crippen molar-refractivity contribution in [1.82, 2.24) is 9.61 Å². The van der Waals surface area contributed by atoms with Crippen LogP contribution in [0.2, 0.25) is 0 Å². The van der Waals surface area contributed by atoms with Gasteiger partial charge in [-0.05, 0) is 18.2 Å². The minimum absolute atomic E-state index is 0.216. The maximum Gasteiger partial charge on any atom is 0.282 e. The van der Waals surface area contributed by atoms with Gasteiger partial charge in [0.05, 0.1) is 24.8 Å². The molecule has 0 aliphatic carbocycles. The second-order valence-electron chi connectivity index (χ2n) is 3.76. The number of halogens is 2. The Morgan fingerprint density at radius 1 is 1.20 bits per heavy atom. The van der Waals surface area contributed by atoms with Gasteiger partial charge in [-0.25, -0.2) is 13.3 Å². The number of pyridine rings is 1. The Morgan fingerprint density at radius 2 is 2.00 bits per heavy atom. The number of hydrogen-bond donors (Lipinski definition) is 0. The van der Waals surface area contributed by atoms with Crippen molar-refractivity contribution in [3.63, 3.8) is 0 Å². The fraction of sp³-hybridized carbons (Fsp3) is 0.300. The zero-order valence-electron chi connectivity index (χ0n) is 7.90. The second-order valence-corrected chi connectivity index (χ2v) is 3.76. The molecule has 0 aromatic carbocycles. The predicted octanol–water partition coefficient (Wildman–Crippen LogP) is 1.79. The quantitative estimate of drug-likeness (QED) is 0.713. The van der Waals surface area contributed by atoms with Crippen molar-refractivity contribution in [3.8, 4) is 0 Å². The number of anilines is 1. The van der Waals surface area contributed by atoms with Crippen LogP contribution in [0.3, 0.4) is 0 Å². The number of nitrogens with zero attached hydrogens (tertiary/aromatic N) is 3. The van der Waals surface area contributed by atoms with Crippen molar-refractivity contribution in [2.45, 2.75) is 5.92 Å². The Balaban J connectivity index is 2.02. The van der Waals surface area contributed by atoms with E-state index in [0.717, 1.165) is 11.3 Å². The van der Waals surface area contributed by atoms with Gasteiger partial charge in [-0.3, -0.25) is 0 Å². The zero-order chi connectivity index (χ0) is 10.5. The molecule has 15 heavy (non-hydrogen) atoms. The van der Waals surface area contributed by atoms with Crippen LogP contribution in [-0.2, 0) is 0 Å². The molecule has 5 heteroatoms. The third-order valence-electron chi connectivity index (χ3n) is 2.57. The standard InChI is InChI=1S/C10H9F2N3/c11-10(12)6-14(7-10)9-3-1-2-8-4-5-13-15(8)9/h1-5H,6-7H2. The van der Waals surface area contributed by atoms with Crippen LogP contribution in [0.15, 0.2) is 30.5 Å². The molecule has 0 radical (unpaired) electrons. The first kappa shape index (κ1) is 8.64. The van der Waals surface area contributed by atoms with Gasteiger partial charge in [0.1, 0.15) is 5.82 Å². The summed E-state index contributed by atoms with van der Waals surface area (Å²) in [5.74, 6) is -1.82. The largest absolute Gasteiger partial charge is 0.344 e. The van der Waals surface area contributed by atoms with E-state index in [9.17, 15) is 8.78 Å². The topological polar surface area (TPSA) is 20.5 Å². The van der Waals surface area contributed by atoms with Crippen LogP contribution in [0.4, 0.5) is 14.6 Å². The summed E-state index contributed by atoms with van der Waals surface area (Å²) < 4.78 is 27.1. The molecular formula is C10H9F2N3. The van der Waals surface area contributed by atoms with Crippen LogP contribution in [0.25, 0.3) is 5.52 Å². The molecule has 3 heterocycles. The van der Waals surface area contributed by atoms with Crippen LogP contribution in [0.1, 0.15) is 0 Å². The molecule has 1 fully saturated rings. The molecule has 1 saturated heterocycles. The highest BCUT2D eigenvalue weighted by atomic mass is 19.3. The van der Waals surface area contributed by atoms with Gasteiger partial charge in [-0.1, -0.05) is 6.07 Å². The minimum atomic E-state index is -2.55. The number of rotatable bonds is 1. The van der Waals surface area contributed by atoms with Crippen molar-refractivity contribution in [1.29, 1.82) is 0 Å². The number of alkyl halides is 2. The van der Waals surface area contributed by atoms with Crippen molar-refractivity contribution in [2.75, 3.05) is 18.0 Å². The summed E-state index contributed by atoms with van der Waals surface area (Å²) in [6.45, 7) is -0.433. The minimum Gasteiger partial charge on any atom is -0.344 e. The van der Waals surface area contributed by atoms with Gasteiger partial charge in [0.15, 0.2) is 0 Å². The summed E-state index contributed by atoms with van der Waals surface area (Å²) in [6.07, 6.45) is 1.66. The summed E-state index contributed by atoms with van der Waals surface area (Å²) in [4.78, 5) is 1.62. The molecule has 0 spiro atoms. The fourth-order valence-electron chi connectivity index (χ4n) is 1.85. The lowest BCUT2D eigenvalue weighted by atomic mass is 10.1. The molecule has 1 aliphatic heterocycles. The van der Waals surface area contributed by atoms with Crippen molar-refractivity contribution in [3.05, 3.63) is 30.5 Å². The molecule has 0 amide bonds. The number of aromatic nitrogens is 2. The molecule has 2 aromatic rings. The molecule has 0 bridgehead atoms. The highest BCUT2D eigenvalue weighted by Gasteiger charge is 2.44. The van der Waals surface area contributed by atoms with Gasteiger partial charge < -0.3 is 4.90 Å². The number of fused-ring (bicyclic) bond motifs is 1. The average Bonchev–Trinajstić information content (AvgIpc) is 2.60. The van der Waals surface area contributed by atoms with E-state index in [2.05, 4.69) is 5.10 Å². The molecule has 2 aromatic heterocycles. The van der Waals surface area contributed by atoms with E-state index in [0.29, 0.717) is 0 Å². The molecular weight excluding hydrogens is 200 g/mol. The summed E-state index contributed by atoms with van der Waals surface area (Å²) >= 11 is 0.